The van der Waals surface area contributed by atoms with Crippen LogP contribution < -0.4 is 4.74 Å². The van der Waals surface area contributed by atoms with Crippen molar-refractivity contribution in [3.8, 4) is 5.75 Å². The average Bonchev–Trinajstić information content (AvgIpc) is 2.60. The summed E-state index contributed by atoms with van der Waals surface area (Å²) < 4.78 is 5.59. The first-order chi connectivity index (χ1) is 9.24. The maximum atomic E-state index is 11.9. The van der Waals surface area contributed by atoms with Crippen LogP contribution in [0.3, 0.4) is 0 Å². The van der Waals surface area contributed by atoms with Crippen molar-refractivity contribution >= 4 is 5.78 Å². The van der Waals surface area contributed by atoms with Crippen LogP contribution in [-0.4, -0.2) is 12.4 Å². The average molecular weight is 252 g/mol. The lowest BCUT2D eigenvalue weighted by Gasteiger charge is -2.16. The Bertz CT molecular complexity index is 599. The van der Waals surface area contributed by atoms with Crippen molar-refractivity contribution in [3.63, 3.8) is 0 Å². The van der Waals surface area contributed by atoms with E-state index in [-0.39, 0.29) is 18.3 Å². The first-order valence-corrected chi connectivity index (χ1v) is 6.54. The molecule has 0 spiro atoms. The monoisotopic (exact) mass is 252 g/mol. The molecular weight excluding hydrogens is 236 g/mol. The molecule has 2 heteroatoms. The Labute approximate surface area is 113 Å². The van der Waals surface area contributed by atoms with E-state index in [1.54, 1.807) is 0 Å². The van der Waals surface area contributed by atoms with Gasteiger partial charge >= 0.3 is 0 Å². The number of ether oxygens (including phenoxy) is 1. The molecule has 1 aliphatic heterocycles. The van der Waals surface area contributed by atoms with Crippen LogP contribution in [0, 0.1) is 6.92 Å². The van der Waals surface area contributed by atoms with Crippen molar-refractivity contribution in [2.75, 3.05) is 6.61 Å². The minimum Gasteiger partial charge on any atom is -0.486 e. The highest BCUT2D eigenvalue weighted by molar-refractivity contribution is 5.82. The number of hydrogen-bond acceptors (Lipinski definition) is 2. The molecule has 96 valence electrons. The Morgan fingerprint density at radius 1 is 1.05 bits per heavy atom. The third kappa shape index (κ3) is 2.39. The molecule has 2 nitrogen and oxygen atoms in total. The first-order valence-electron chi connectivity index (χ1n) is 6.54. The second-order valence-electron chi connectivity index (χ2n) is 5.03. The van der Waals surface area contributed by atoms with Gasteiger partial charge in [-0.1, -0.05) is 48.0 Å². The molecule has 1 atom stereocenters. The zero-order valence-electron chi connectivity index (χ0n) is 10.9. The molecule has 0 saturated heterocycles. The van der Waals surface area contributed by atoms with Gasteiger partial charge in [0.25, 0.3) is 0 Å². The summed E-state index contributed by atoms with van der Waals surface area (Å²) in [5.41, 5.74) is 3.52. The topological polar surface area (TPSA) is 26.3 Å². The molecule has 0 N–H and O–H groups in total. The van der Waals surface area contributed by atoms with Crippen LogP contribution in [0.2, 0.25) is 0 Å². The van der Waals surface area contributed by atoms with E-state index >= 15 is 0 Å². The largest absolute Gasteiger partial charge is 0.486 e. The molecule has 0 aliphatic carbocycles. The van der Waals surface area contributed by atoms with Gasteiger partial charge in [-0.2, -0.15) is 0 Å². The fourth-order valence-corrected chi connectivity index (χ4v) is 2.55. The maximum absolute atomic E-state index is 11.9. The lowest BCUT2D eigenvalue weighted by Crippen LogP contribution is -2.10. The fourth-order valence-electron chi connectivity index (χ4n) is 2.55. The Morgan fingerprint density at radius 3 is 2.58 bits per heavy atom. The number of hydrogen-bond donors (Lipinski definition) is 0. The molecule has 1 heterocycles. The van der Waals surface area contributed by atoms with Crippen molar-refractivity contribution in [2.45, 2.75) is 19.3 Å². The summed E-state index contributed by atoms with van der Waals surface area (Å²) in [6, 6.07) is 16.3. The highest BCUT2D eigenvalue weighted by atomic mass is 16.5. The number of carbonyl (C=O) groups is 1. The van der Waals surface area contributed by atoms with Crippen LogP contribution in [0.5, 0.6) is 5.75 Å². The van der Waals surface area contributed by atoms with Crippen molar-refractivity contribution < 1.29 is 9.53 Å². The molecule has 0 amide bonds. The first kappa shape index (κ1) is 12.0. The van der Waals surface area contributed by atoms with Crippen LogP contribution in [0.1, 0.15) is 29.0 Å². The molecule has 2 aromatic carbocycles. The Morgan fingerprint density at radius 2 is 1.79 bits per heavy atom. The van der Waals surface area contributed by atoms with Crippen molar-refractivity contribution in [2.24, 2.45) is 0 Å². The van der Waals surface area contributed by atoms with Gasteiger partial charge in [-0.3, -0.25) is 4.79 Å². The van der Waals surface area contributed by atoms with Gasteiger partial charge in [-0.25, -0.2) is 0 Å². The third-order valence-electron chi connectivity index (χ3n) is 3.59. The summed E-state index contributed by atoms with van der Waals surface area (Å²) >= 11 is 0. The van der Waals surface area contributed by atoms with Gasteiger partial charge in [-0.15, -0.1) is 0 Å². The predicted molar refractivity (Wildman–Crippen MR) is 74.6 cm³/mol. The van der Waals surface area contributed by atoms with E-state index in [4.69, 9.17) is 4.74 Å². The number of carbonyl (C=O) groups excluding carboxylic acids is 1. The summed E-state index contributed by atoms with van der Waals surface area (Å²) in [6.45, 7) is 2.25. The fraction of sp³-hybridized carbons (Fsp3) is 0.235. The Kier molecular flexibility index (Phi) is 3.08. The summed E-state index contributed by atoms with van der Waals surface area (Å²) in [7, 11) is 0. The van der Waals surface area contributed by atoms with E-state index in [1.807, 2.05) is 18.2 Å². The molecule has 0 saturated carbocycles. The number of rotatable bonds is 1. The molecule has 3 rings (SSSR count). The van der Waals surface area contributed by atoms with Crippen LogP contribution in [0.25, 0.3) is 0 Å². The number of ketones is 1. The van der Waals surface area contributed by atoms with Crippen LogP contribution in [0.15, 0.2) is 48.5 Å². The quantitative estimate of drug-likeness (QED) is 0.776. The van der Waals surface area contributed by atoms with Crippen LogP contribution in [0.4, 0.5) is 0 Å². The zero-order chi connectivity index (χ0) is 13.2. The highest BCUT2D eigenvalue weighted by Crippen LogP contribution is 2.36. The number of fused-ring (bicyclic) bond motifs is 1. The van der Waals surface area contributed by atoms with Gasteiger partial charge < -0.3 is 4.74 Å². The second kappa shape index (κ2) is 4.88. The van der Waals surface area contributed by atoms with Gasteiger partial charge in [0.1, 0.15) is 12.4 Å². The van der Waals surface area contributed by atoms with E-state index in [9.17, 15) is 4.79 Å². The molecular formula is C17H16O2. The zero-order valence-corrected chi connectivity index (χ0v) is 10.9. The normalized spacial score (nSPS) is 18.4. The molecule has 0 fully saturated rings. The van der Waals surface area contributed by atoms with Crippen molar-refractivity contribution in [1.29, 1.82) is 0 Å². The van der Waals surface area contributed by atoms with Gasteiger partial charge in [-0.05, 0) is 18.6 Å². The van der Waals surface area contributed by atoms with E-state index in [1.165, 1.54) is 11.1 Å². The molecule has 19 heavy (non-hydrogen) atoms. The van der Waals surface area contributed by atoms with Crippen molar-refractivity contribution in [1.82, 2.24) is 0 Å². The van der Waals surface area contributed by atoms with Crippen molar-refractivity contribution in [3.05, 3.63) is 65.2 Å². The number of para-hydroxylation sites is 1. The van der Waals surface area contributed by atoms with E-state index in [0.29, 0.717) is 6.42 Å². The molecule has 0 bridgehead atoms. The number of benzene rings is 2. The Hall–Kier alpha value is -2.09. The Balaban J connectivity index is 2.07. The number of aryl methyl sites for hydroxylation is 1. The summed E-state index contributed by atoms with van der Waals surface area (Å²) in [5.74, 6) is 1.09. The summed E-state index contributed by atoms with van der Waals surface area (Å²) in [6.07, 6.45) is 0.514. The highest BCUT2D eigenvalue weighted by Gasteiger charge is 2.24. The smallest absolute Gasteiger partial charge is 0.171 e. The molecule has 0 radical (unpaired) electrons. The molecule has 1 aliphatic rings. The summed E-state index contributed by atoms with van der Waals surface area (Å²) in [5, 5.41) is 0. The molecule has 2 aromatic rings. The van der Waals surface area contributed by atoms with Gasteiger partial charge in [0.15, 0.2) is 5.78 Å². The second-order valence-corrected chi connectivity index (χ2v) is 5.03. The molecule has 1 unspecified atom stereocenters. The van der Waals surface area contributed by atoms with Crippen LogP contribution in [-0.2, 0) is 4.79 Å². The lowest BCUT2D eigenvalue weighted by molar-refractivity contribution is -0.120. The molecule has 0 aromatic heterocycles. The standard InChI is InChI=1S/C17H16O2/c1-12-6-8-13(9-7-12)16-10-14(18)11-19-17-5-3-2-4-15(16)17/h2-9,16H,10-11H2,1H3. The third-order valence-corrected chi connectivity index (χ3v) is 3.59. The van der Waals surface area contributed by atoms with Gasteiger partial charge in [0, 0.05) is 17.9 Å². The van der Waals surface area contributed by atoms with Gasteiger partial charge in [0.05, 0.1) is 0 Å². The van der Waals surface area contributed by atoms with E-state index < -0.39 is 0 Å². The van der Waals surface area contributed by atoms with E-state index in [2.05, 4.69) is 37.3 Å². The van der Waals surface area contributed by atoms with Gasteiger partial charge in [0.2, 0.25) is 0 Å². The minimum absolute atomic E-state index is 0.104. The van der Waals surface area contributed by atoms with E-state index in [0.717, 1.165) is 11.3 Å². The number of Topliss-reactive ketones (excluding diaryl/α,β-unsaturated/α-hetero) is 1. The lowest BCUT2D eigenvalue weighted by atomic mass is 9.87. The van der Waals surface area contributed by atoms with Crippen LogP contribution >= 0.6 is 0 Å². The summed E-state index contributed by atoms with van der Waals surface area (Å²) in [4.78, 5) is 11.9. The minimum atomic E-state index is 0.104. The maximum Gasteiger partial charge on any atom is 0.171 e. The SMILES string of the molecule is Cc1ccc(C2CC(=O)COc3ccccc32)cc1. The predicted octanol–water partition coefficient (Wildman–Crippen LogP) is 3.48.